The number of rotatable bonds is 14. The van der Waals surface area contributed by atoms with Crippen LogP contribution in [0.3, 0.4) is 0 Å². The van der Waals surface area contributed by atoms with Gasteiger partial charge in [0.25, 0.3) is 0 Å². The molecule has 16 heteroatoms. The minimum Gasteiger partial charge on any atom is -0.481 e. The number of pyridine rings is 2. The number of fused-ring (bicyclic) bond motifs is 2. The molecule has 0 spiro atoms. The zero-order valence-corrected chi connectivity index (χ0v) is 33.4. The predicted molar refractivity (Wildman–Crippen MR) is 215 cm³/mol. The van der Waals surface area contributed by atoms with E-state index in [1.165, 1.54) is 32.4 Å². The first-order valence-corrected chi connectivity index (χ1v) is 18.7. The standard InChI is InChI=1S/C23H19F3N2O4.C22H19FN2O4/c1-3-17-15(10-13-4-6-14(11-27)7-5-13)22(32-23(25)26)20-18(31-12-19(29)30-2)9-8-16(24)21(20)28-17;1-3-17-15(10-13-4-6-14(11-24)7-5-13)22(27)20-18(29-12-19(26)28-2)9-8-16(23)21(20)25-17/h4-9,23H,3,10,12H2,1-2H3;4-9H,3,10,12H2,1-2H3,(H,25,27). The van der Waals surface area contributed by atoms with Gasteiger partial charge in [-0.3, -0.25) is 4.79 Å². The van der Waals surface area contributed by atoms with Crippen LogP contribution in [0, 0.1) is 34.3 Å². The molecule has 1 N–H and O–H groups in total. The number of nitrogens with zero attached hydrogens (tertiary/aromatic N) is 3. The third-order valence-corrected chi connectivity index (χ3v) is 9.41. The molecule has 6 rings (SSSR count). The first kappa shape index (κ1) is 44.6. The molecule has 0 unspecified atom stereocenters. The van der Waals surface area contributed by atoms with Gasteiger partial charge in [-0.2, -0.15) is 19.3 Å². The third kappa shape index (κ3) is 10.6. The molecule has 6 aromatic rings. The molecule has 2 heterocycles. The van der Waals surface area contributed by atoms with Crippen LogP contribution in [0.15, 0.2) is 77.6 Å². The lowest BCUT2D eigenvalue weighted by molar-refractivity contribution is -0.143. The number of nitriles is 2. The van der Waals surface area contributed by atoms with Gasteiger partial charge in [0.05, 0.1) is 53.8 Å². The number of H-pyrrole nitrogens is 1. The summed E-state index contributed by atoms with van der Waals surface area (Å²) in [7, 11) is 2.40. The van der Waals surface area contributed by atoms with Gasteiger partial charge < -0.3 is 28.7 Å². The van der Waals surface area contributed by atoms with Gasteiger partial charge in [-0.05, 0) is 72.5 Å². The molecular weight excluding hydrogens is 801 g/mol. The maximum absolute atomic E-state index is 14.6. The van der Waals surface area contributed by atoms with E-state index in [-0.39, 0.29) is 50.9 Å². The number of benzene rings is 4. The van der Waals surface area contributed by atoms with Crippen molar-refractivity contribution in [1.29, 1.82) is 10.5 Å². The van der Waals surface area contributed by atoms with Crippen LogP contribution in [0.2, 0.25) is 0 Å². The summed E-state index contributed by atoms with van der Waals surface area (Å²) in [6.07, 6.45) is 1.29. The van der Waals surface area contributed by atoms with Gasteiger partial charge in [-0.1, -0.05) is 38.1 Å². The maximum atomic E-state index is 14.6. The summed E-state index contributed by atoms with van der Waals surface area (Å²) in [4.78, 5) is 43.6. The number of esters is 2. The van der Waals surface area contributed by atoms with Crippen molar-refractivity contribution in [3.05, 3.63) is 139 Å². The Morgan fingerprint density at radius 3 is 1.70 bits per heavy atom. The number of ether oxygens (including phenoxy) is 5. The first-order valence-electron chi connectivity index (χ1n) is 18.7. The molecule has 0 aliphatic carbocycles. The van der Waals surface area contributed by atoms with Gasteiger partial charge in [0.1, 0.15) is 34.4 Å². The van der Waals surface area contributed by atoms with Gasteiger partial charge in [-0.15, -0.1) is 0 Å². The van der Waals surface area contributed by atoms with E-state index in [9.17, 15) is 31.9 Å². The van der Waals surface area contributed by atoms with Crippen LogP contribution in [0.25, 0.3) is 21.8 Å². The molecule has 314 valence electrons. The Bertz CT molecular complexity index is 2710. The van der Waals surface area contributed by atoms with Crippen LogP contribution < -0.4 is 19.6 Å². The van der Waals surface area contributed by atoms with Gasteiger partial charge >= 0.3 is 18.6 Å². The number of hydrogen-bond acceptors (Lipinski definition) is 11. The maximum Gasteiger partial charge on any atom is 0.387 e. The second-order valence-electron chi connectivity index (χ2n) is 13.1. The number of carbonyl (C=O) groups is 2. The van der Waals surface area contributed by atoms with Gasteiger partial charge in [0.15, 0.2) is 18.6 Å². The zero-order valence-electron chi connectivity index (χ0n) is 33.4. The van der Waals surface area contributed by atoms with Crippen LogP contribution >= 0.6 is 0 Å². The average Bonchev–Trinajstić information content (AvgIpc) is 3.27. The van der Waals surface area contributed by atoms with Crippen molar-refractivity contribution in [1.82, 2.24) is 9.97 Å². The Labute approximate surface area is 346 Å². The summed E-state index contributed by atoms with van der Waals surface area (Å²) in [5.41, 5.74) is 3.82. The van der Waals surface area contributed by atoms with Crippen molar-refractivity contribution < 1.29 is 50.8 Å². The minimum atomic E-state index is -3.19. The average molecular weight is 839 g/mol. The van der Waals surface area contributed by atoms with Crippen LogP contribution in [-0.2, 0) is 44.7 Å². The predicted octanol–water partition coefficient (Wildman–Crippen LogP) is 7.80. The van der Waals surface area contributed by atoms with E-state index in [2.05, 4.69) is 25.5 Å². The highest BCUT2D eigenvalue weighted by molar-refractivity contribution is 5.93. The third-order valence-electron chi connectivity index (χ3n) is 9.41. The number of aryl methyl sites for hydroxylation is 2. The number of alkyl halides is 2. The van der Waals surface area contributed by atoms with E-state index in [1.807, 2.05) is 13.0 Å². The molecule has 0 saturated heterocycles. The summed E-state index contributed by atoms with van der Waals surface area (Å²) in [5, 5.41) is 17.9. The van der Waals surface area contributed by atoms with E-state index in [0.717, 1.165) is 11.6 Å². The van der Waals surface area contributed by atoms with Crippen LogP contribution in [0.4, 0.5) is 17.6 Å². The summed E-state index contributed by atoms with van der Waals surface area (Å²) >= 11 is 0. The quantitative estimate of drug-likeness (QED) is 0.0838. The highest BCUT2D eigenvalue weighted by Crippen LogP contribution is 2.40. The zero-order chi connectivity index (χ0) is 44.2. The topological polar surface area (TPSA) is 174 Å². The number of aromatic amines is 1. The van der Waals surface area contributed by atoms with E-state index in [1.54, 1.807) is 55.5 Å². The highest BCUT2D eigenvalue weighted by Gasteiger charge is 2.25. The molecule has 12 nitrogen and oxygen atoms in total. The Kier molecular flexibility index (Phi) is 15.0. The molecule has 4 aromatic carbocycles. The van der Waals surface area contributed by atoms with E-state index in [0.29, 0.717) is 58.5 Å². The SMILES string of the molecule is CCc1[nH]c2c(F)ccc(OCC(=O)OC)c2c(=O)c1Cc1ccc(C#N)cc1.CCc1nc2c(F)ccc(OCC(=O)OC)c2c(OC(F)F)c1Cc1ccc(C#N)cc1. The molecule has 2 aromatic heterocycles. The number of aromatic nitrogens is 2. The summed E-state index contributed by atoms with van der Waals surface area (Å²) in [5.74, 6) is -2.84. The fourth-order valence-electron chi connectivity index (χ4n) is 6.40. The van der Waals surface area contributed by atoms with Crippen molar-refractivity contribution >= 4 is 33.7 Å². The van der Waals surface area contributed by atoms with E-state index >= 15 is 0 Å². The van der Waals surface area contributed by atoms with Crippen LogP contribution in [0.1, 0.15) is 58.6 Å². The van der Waals surface area contributed by atoms with Gasteiger partial charge in [-0.25, -0.2) is 23.4 Å². The minimum absolute atomic E-state index is 0.0396. The van der Waals surface area contributed by atoms with Crippen LogP contribution in [-0.4, -0.2) is 56.0 Å². The summed E-state index contributed by atoms with van der Waals surface area (Å²) in [6, 6.07) is 22.4. The van der Waals surface area contributed by atoms with E-state index in [4.69, 9.17) is 24.7 Å². The number of hydrogen-bond donors (Lipinski definition) is 1. The van der Waals surface area contributed by atoms with Crippen molar-refractivity contribution in [2.75, 3.05) is 27.4 Å². The van der Waals surface area contributed by atoms with Crippen molar-refractivity contribution in [2.24, 2.45) is 0 Å². The lowest BCUT2D eigenvalue weighted by Crippen LogP contribution is -2.18. The van der Waals surface area contributed by atoms with Gasteiger partial charge in [0, 0.05) is 35.4 Å². The molecule has 0 atom stereocenters. The Balaban J connectivity index is 0.000000232. The number of halogens is 4. The molecule has 0 bridgehead atoms. The molecular formula is C45H38F4N4O8. The monoisotopic (exact) mass is 838 g/mol. The highest BCUT2D eigenvalue weighted by atomic mass is 19.3. The molecule has 0 saturated carbocycles. The lowest BCUT2D eigenvalue weighted by atomic mass is 9.97. The molecule has 0 amide bonds. The first-order chi connectivity index (χ1) is 29.3. The van der Waals surface area contributed by atoms with Crippen molar-refractivity contribution in [3.8, 4) is 29.4 Å². The Morgan fingerprint density at radius 1 is 0.721 bits per heavy atom. The Morgan fingerprint density at radius 2 is 1.23 bits per heavy atom. The smallest absolute Gasteiger partial charge is 0.387 e. The van der Waals surface area contributed by atoms with Crippen LogP contribution in [0.5, 0.6) is 17.2 Å². The summed E-state index contributed by atoms with van der Waals surface area (Å²) in [6.45, 7) is -0.461. The van der Waals surface area contributed by atoms with Gasteiger partial charge in [0.2, 0.25) is 0 Å². The summed E-state index contributed by atoms with van der Waals surface area (Å²) < 4.78 is 80.7. The second-order valence-corrected chi connectivity index (χ2v) is 13.1. The largest absolute Gasteiger partial charge is 0.481 e. The lowest BCUT2D eigenvalue weighted by Gasteiger charge is -2.19. The normalized spacial score (nSPS) is 10.7. The molecule has 0 aliphatic heterocycles. The van der Waals surface area contributed by atoms with Crippen molar-refractivity contribution in [3.63, 3.8) is 0 Å². The molecule has 0 fully saturated rings. The fourth-order valence-corrected chi connectivity index (χ4v) is 6.40. The number of carbonyl (C=O) groups excluding carboxylic acids is 2. The number of nitrogens with one attached hydrogen (secondary N) is 1. The number of methoxy groups -OCH3 is 2. The fraction of sp³-hybridized carbons (Fsp3) is 0.244. The molecule has 0 aliphatic rings. The van der Waals surface area contributed by atoms with E-state index < -0.39 is 43.4 Å². The molecule has 61 heavy (non-hydrogen) atoms. The van der Waals surface area contributed by atoms with Crippen molar-refractivity contribution in [2.45, 2.75) is 46.1 Å². The Hall–Kier alpha value is -7.46. The molecule has 0 radical (unpaired) electrons. The second kappa shape index (κ2) is 20.5.